The molecule has 0 saturated heterocycles. The summed E-state index contributed by atoms with van der Waals surface area (Å²) in [6.45, 7) is 4.50. The van der Waals surface area contributed by atoms with Gasteiger partial charge in [-0.1, -0.05) is 13.8 Å². The van der Waals surface area contributed by atoms with Crippen molar-refractivity contribution in [3.8, 4) is 11.4 Å². The fourth-order valence-corrected chi connectivity index (χ4v) is 2.97. The highest BCUT2D eigenvalue weighted by molar-refractivity contribution is 5.55. The average Bonchev–Trinajstić information content (AvgIpc) is 2.76. The van der Waals surface area contributed by atoms with Gasteiger partial charge < -0.3 is 9.55 Å². The number of nitrogens with zero attached hydrogens (tertiary/aromatic N) is 2. The minimum atomic E-state index is -0.00621. The van der Waals surface area contributed by atoms with Crippen molar-refractivity contribution in [1.82, 2.24) is 14.5 Å². The molecule has 100 valence electrons. The molecule has 4 nitrogen and oxygen atoms in total. The summed E-state index contributed by atoms with van der Waals surface area (Å²) >= 11 is 0. The van der Waals surface area contributed by atoms with Crippen LogP contribution in [0.25, 0.3) is 11.4 Å². The van der Waals surface area contributed by atoms with E-state index in [1.165, 1.54) is 17.8 Å². The molecule has 19 heavy (non-hydrogen) atoms. The Morgan fingerprint density at radius 1 is 1.42 bits per heavy atom. The van der Waals surface area contributed by atoms with Crippen molar-refractivity contribution in [1.29, 1.82) is 0 Å². The molecule has 2 aromatic heterocycles. The van der Waals surface area contributed by atoms with Gasteiger partial charge in [0, 0.05) is 36.5 Å². The maximum atomic E-state index is 11.7. The number of aromatic amines is 1. The SMILES string of the molecule is CC1Cc2[nH]c(-c3ccn(C)c(=O)c3)nc2C(C)C1. The maximum Gasteiger partial charge on any atom is 0.250 e. The van der Waals surface area contributed by atoms with Crippen LogP contribution in [0.2, 0.25) is 0 Å². The van der Waals surface area contributed by atoms with Crippen LogP contribution in [0.15, 0.2) is 23.1 Å². The standard InChI is InChI=1S/C15H19N3O/c1-9-6-10(2)14-12(7-9)16-15(17-14)11-4-5-18(3)13(19)8-11/h4-5,8-10H,6-7H2,1-3H3,(H,16,17). The Kier molecular flexibility index (Phi) is 2.81. The van der Waals surface area contributed by atoms with Crippen LogP contribution in [0.4, 0.5) is 0 Å². The van der Waals surface area contributed by atoms with E-state index in [-0.39, 0.29) is 5.56 Å². The normalized spacial score (nSPS) is 22.3. The molecule has 0 amide bonds. The number of hydrogen-bond acceptors (Lipinski definition) is 2. The zero-order valence-corrected chi connectivity index (χ0v) is 11.6. The smallest absolute Gasteiger partial charge is 0.250 e. The van der Waals surface area contributed by atoms with Gasteiger partial charge in [0.2, 0.25) is 0 Å². The number of hydrogen-bond donors (Lipinski definition) is 1. The highest BCUT2D eigenvalue weighted by Crippen LogP contribution is 2.34. The van der Waals surface area contributed by atoms with Crippen LogP contribution < -0.4 is 5.56 Å². The summed E-state index contributed by atoms with van der Waals surface area (Å²) in [4.78, 5) is 19.8. The van der Waals surface area contributed by atoms with Gasteiger partial charge >= 0.3 is 0 Å². The van der Waals surface area contributed by atoms with E-state index in [0.29, 0.717) is 11.8 Å². The van der Waals surface area contributed by atoms with Gasteiger partial charge in [-0.05, 0) is 24.8 Å². The van der Waals surface area contributed by atoms with E-state index >= 15 is 0 Å². The second-order valence-corrected chi connectivity index (χ2v) is 5.76. The van der Waals surface area contributed by atoms with Crippen LogP contribution in [0.5, 0.6) is 0 Å². The number of imidazole rings is 1. The molecule has 0 spiro atoms. The second-order valence-electron chi connectivity index (χ2n) is 5.76. The predicted molar refractivity (Wildman–Crippen MR) is 75.2 cm³/mol. The molecule has 2 atom stereocenters. The Hall–Kier alpha value is -1.84. The monoisotopic (exact) mass is 257 g/mol. The Balaban J connectivity index is 2.05. The topological polar surface area (TPSA) is 50.7 Å². The molecule has 1 aliphatic rings. The molecule has 3 rings (SSSR count). The first-order chi connectivity index (χ1) is 9.04. The van der Waals surface area contributed by atoms with Gasteiger partial charge in [-0.15, -0.1) is 0 Å². The first kappa shape index (κ1) is 12.2. The fourth-order valence-electron chi connectivity index (χ4n) is 2.97. The number of aryl methyl sites for hydroxylation is 1. The van der Waals surface area contributed by atoms with Gasteiger partial charge in [0.25, 0.3) is 5.56 Å². The molecule has 4 heteroatoms. The van der Waals surface area contributed by atoms with Crippen molar-refractivity contribution < 1.29 is 0 Å². The van der Waals surface area contributed by atoms with Gasteiger partial charge in [-0.25, -0.2) is 4.98 Å². The molecule has 0 aliphatic heterocycles. The van der Waals surface area contributed by atoms with Gasteiger partial charge in [-0.3, -0.25) is 4.79 Å². The molecule has 0 aromatic carbocycles. The van der Waals surface area contributed by atoms with Gasteiger partial charge in [0.05, 0.1) is 5.69 Å². The highest BCUT2D eigenvalue weighted by Gasteiger charge is 2.25. The van der Waals surface area contributed by atoms with Crippen molar-refractivity contribution in [2.45, 2.75) is 32.6 Å². The van der Waals surface area contributed by atoms with Crippen LogP contribution in [0.1, 0.15) is 37.6 Å². The predicted octanol–water partition coefficient (Wildman–Crippen LogP) is 2.46. The summed E-state index contributed by atoms with van der Waals surface area (Å²) in [6.07, 6.45) is 4.02. The lowest BCUT2D eigenvalue weighted by Gasteiger charge is -2.22. The third-order valence-electron chi connectivity index (χ3n) is 3.96. The lowest BCUT2D eigenvalue weighted by molar-refractivity contribution is 0.440. The third-order valence-corrected chi connectivity index (χ3v) is 3.96. The molecule has 2 heterocycles. The second kappa shape index (κ2) is 4.37. The fraction of sp³-hybridized carbons (Fsp3) is 0.467. The molecular formula is C15H19N3O. The van der Waals surface area contributed by atoms with Crippen LogP contribution in [-0.4, -0.2) is 14.5 Å². The Bertz CT molecular complexity index is 668. The lowest BCUT2D eigenvalue weighted by Crippen LogP contribution is -2.14. The number of nitrogens with one attached hydrogen (secondary N) is 1. The number of fused-ring (bicyclic) bond motifs is 1. The molecule has 0 fully saturated rings. The first-order valence-corrected chi connectivity index (χ1v) is 6.80. The zero-order valence-electron chi connectivity index (χ0n) is 11.6. The van der Waals surface area contributed by atoms with E-state index < -0.39 is 0 Å². The van der Waals surface area contributed by atoms with Crippen molar-refractivity contribution in [3.05, 3.63) is 40.1 Å². The summed E-state index contributed by atoms with van der Waals surface area (Å²) < 4.78 is 1.57. The lowest BCUT2D eigenvalue weighted by atomic mass is 9.84. The number of rotatable bonds is 1. The van der Waals surface area contributed by atoms with Crippen molar-refractivity contribution in [2.24, 2.45) is 13.0 Å². The average molecular weight is 257 g/mol. The summed E-state index contributed by atoms with van der Waals surface area (Å²) in [5.41, 5.74) is 3.28. The van der Waals surface area contributed by atoms with E-state index in [2.05, 4.69) is 18.8 Å². The number of H-pyrrole nitrogens is 1. The molecule has 1 aliphatic carbocycles. The van der Waals surface area contributed by atoms with Gasteiger partial charge in [0.15, 0.2) is 0 Å². The van der Waals surface area contributed by atoms with E-state index in [9.17, 15) is 4.79 Å². The quantitative estimate of drug-likeness (QED) is 0.853. The molecular weight excluding hydrogens is 238 g/mol. The third kappa shape index (κ3) is 2.11. The summed E-state index contributed by atoms with van der Waals surface area (Å²) in [7, 11) is 1.75. The highest BCUT2D eigenvalue weighted by atomic mass is 16.1. The number of aromatic nitrogens is 3. The Labute approximate surface area is 112 Å². The summed E-state index contributed by atoms with van der Waals surface area (Å²) in [5, 5.41) is 0. The van der Waals surface area contributed by atoms with E-state index in [0.717, 1.165) is 17.8 Å². The van der Waals surface area contributed by atoms with Crippen molar-refractivity contribution in [2.75, 3.05) is 0 Å². The van der Waals surface area contributed by atoms with E-state index in [4.69, 9.17) is 4.98 Å². The van der Waals surface area contributed by atoms with Crippen LogP contribution in [-0.2, 0) is 13.5 Å². The molecule has 0 radical (unpaired) electrons. The molecule has 1 N–H and O–H groups in total. The van der Waals surface area contributed by atoms with Crippen LogP contribution in [0.3, 0.4) is 0 Å². The van der Waals surface area contributed by atoms with E-state index in [1.807, 2.05) is 6.07 Å². The van der Waals surface area contributed by atoms with Gasteiger partial charge in [-0.2, -0.15) is 0 Å². The zero-order chi connectivity index (χ0) is 13.6. The van der Waals surface area contributed by atoms with Crippen molar-refractivity contribution in [3.63, 3.8) is 0 Å². The molecule has 2 aromatic rings. The van der Waals surface area contributed by atoms with Crippen LogP contribution >= 0.6 is 0 Å². The minimum Gasteiger partial charge on any atom is -0.342 e. The summed E-state index contributed by atoms with van der Waals surface area (Å²) in [6, 6.07) is 3.57. The minimum absolute atomic E-state index is 0.00621. The molecule has 0 saturated carbocycles. The Morgan fingerprint density at radius 2 is 2.21 bits per heavy atom. The largest absolute Gasteiger partial charge is 0.342 e. The van der Waals surface area contributed by atoms with Gasteiger partial charge in [0.1, 0.15) is 5.82 Å². The van der Waals surface area contributed by atoms with E-state index in [1.54, 1.807) is 23.9 Å². The van der Waals surface area contributed by atoms with Crippen LogP contribution in [0, 0.1) is 5.92 Å². The molecule has 0 bridgehead atoms. The first-order valence-electron chi connectivity index (χ1n) is 6.80. The summed E-state index contributed by atoms with van der Waals surface area (Å²) in [5.74, 6) is 2.01. The Morgan fingerprint density at radius 3 is 2.95 bits per heavy atom. The number of pyridine rings is 1. The molecule has 2 unspecified atom stereocenters. The maximum absolute atomic E-state index is 11.7. The van der Waals surface area contributed by atoms with Crippen molar-refractivity contribution >= 4 is 0 Å².